The Morgan fingerprint density at radius 3 is 2.56 bits per heavy atom. The molecule has 2 rings (SSSR count). The van der Waals surface area contributed by atoms with Crippen LogP contribution in [0, 0.1) is 0 Å². The number of rotatable bonds is 3. The predicted molar refractivity (Wildman–Crippen MR) is 59.0 cm³/mol. The first-order chi connectivity index (χ1) is 7.55. The summed E-state index contributed by atoms with van der Waals surface area (Å²) in [6, 6.07) is 1.63. The Balaban J connectivity index is 1.97. The highest BCUT2D eigenvalue weighted by Crippen LogP contribution is 2.35. The lowest BCUT2D eigenvalue weighted by Gasteiger charge is -2.22. The van der Waals surface area contributed by atoms with Crippen LogP contribution in [0.2, 0.25) is 0 Å². The van der Waals surface area contributed by atoms with Gasteiger partial charge in [-0.1, -0.05) is 19.3 Å². The Kier molecular flexibility index (Phi) is 3.38. The molecule has 1 aromatic rings. The highest BCUT2D eigenvalue weighted by Gasteiger charge is 2.32. The molecule has 90 valence electrons. The van der Waals surface area contributed by atoms with Gasteiger partial charge in [-0.05, 0) is 24.4 Å². The molecule has 0 atom stereocenters. The van der Waals surface area contributed by atoms with Gasteiger partial charge in [0.25, 0.3) is 0 Å². The summed E-state index contributed by atoms with van der Waals surface area (Å²) in [5.41, 5.74) is 0.585. The smallest absolute Gasteiger partial charge is 0.379 e. The van der Waals surface area contributed by atoms with Crippen LogP contribution in [0.3, 0.4) is 0 Å². The minimum Gasteiger partial charge on any atom is -0.459 e. The Bertz CT molecular complexity index is 342. The van der Waals surface area contributed by atoms with Crippen molar-refractivity contribution in [2.45, 2.75) is 43.5 Å². The van der Waals surface area contributed by atoms with E-state index < -0.39 is 11.1 Å². The normalized spacial score (nSPS) is 18.7. The van der Waals surface area contributed by atoms with Crippen molar-refractivity contribution in [1.29, 1.82) is 0 Å². The molecule has 1 heterocycles. The molecule has 5 heteroatoms. The van der Waals surface area contributed by atoms with Crippen LogP contribution in [-0.4, -0.2) is 6.04 Å². The molecule has 1 aliphatic rings. The van der Waals surface area contributed by atoms with Gasteiger partial charge in [-0.3, -0.25) is 0 Å². The zero-order valence-corrected chi connectivity index (χ0v) is 9.57. The zero-order chi connectivity index (χ0) is 11.6. The van der Waals surface area contributed by atoms with Gasteiger partial charge < -0.3 is 9.73 Å². The van der Waals surface area contributed by atoms with Crippen LogP contribution in [0.5, 0.6) is 0 Å². The largest absolute Gasteiger partial charge is 0.459 e. The lowest BCUT2D eigenvalue weighted by atomic mass is 9.95. The number of hydrogen-bond donors (Lipinski definition) is 1. The van der Waals surface area contributed by atoms with Gasteiger partial charge in [-0.15, -0.1) is 0 Å². The van der Waals surface area contributed by atoms with E-state index in [0.29, 0.717) is 11.7 Å². The van der Waals surface area contributed by atoms with Gasteiger partial charge in [-0.2, -0.15) is 8.78 Å². The summed E-state index contributed by atoms with van der Waals surface area (Å²) in [5.74, 6) is -0.507. The molecule has 0 unspecified atom stereocenters. The summed E-state index contributed by atoms with van der Waals surface area (Å²) < 4.78 is 30.1. The molecule has 1 fully saturated rings. The van der Waals surface area contributed by atoms with E-state index in [-0.39, 0.29) is 0 Å². The maximum Gasteiger partial charge on any atom is 0.379 e. The van der Waals surface area contributed by atoms with E-state index in [9.17, 15) is 8.78 Å². The fourth-order valence-corrected chi connectivity index (χ4v) is 2.14. The van der Waals surface area contributed by atoms with Gasteiger partial charge in [0, 0.05) is 12.1 Å². The third-order valence-corrected chi connectivity index (χ3v) is 3.04. The zero-order valence-electron chi connectivity index (χ0n) is 8.81. The summed E-state index contributed by atoms with van der Waals surface area (Å²) in [5, 5.41) is -0.237. The van der Waals surface area contributed by atoms with Crippen LogP contribution < -0.4 is 5.32 Å². The van der Waals surface area contributed by atoms with Gasteiger partial charge in [0.1, 0.15) is 6.26 Å². The summed E-state index contributed by atoms with van der Waals surface area (Å²) in [6.45, 7) is 0. The maximum atomic E-state index is 12.7. The van der Waals surface area contributed by atoms with Crippen molar-refractivity contribution in [3.05, 3.63) is 18.1 Å². The van der Waals surface area contributed by atoms with Crippen LogP contribution in [0.1, 0.15) is 37.9 Å². The number of nitrogens with one attached hydrogen (secondary N) is 1. The van der Waals surface area contributed by atoms with Crippen LogP contribution in [-0.2, 0) is 5.38 Å². The second kappa shape index (κ2) is 4.62. The molecule has 1 N–H and O–H groups in total. The van der Waals surface area contributed by atoms with E-state index in [1.165, 1.54) is 31.6 Å². The number of halogens is 3. The van der Waals surface area contributed by atoms with E-state index in [4.69, 9.17) is 16.0 Å². The number of anilines is 1. The second-order valence-electron chi connectivity index (χ2n) is 4.18. The Labute approximate surface area is 98.0 Å². The molecule has 1 saturated carbocycles. The van der Waals surface area contributed by atoms with Crippen molar-refractivity contribution in [1.82, 2.24) is 0 Å². The van der Waals surface area contributed by atoms with Crippen molar-refractivity contribution in [3.63, 3.8) is 0 Å². The van der Waals surface area contributed by atoms with E-state index in [2.05, 4.69) is 5.32 Å². The first-order valence-corrected chi connectivity index (χ1v) is 5.86. The molecule has 0 aromatic carbocycles. The first kappa shape index (κ1) is 11.7. The fourth-order valence-electron chi connectivity index (χ4n) is 2.04. The Morgan fingerprint density at radius 2 is 2.00 bits per heavy atom. The van der Waals surface area contributed by atoms with E-state index in [1.807, 2.05) is 0 Å². The molecule has 1 aromatic heterocycles. The van der Waals surface area contributed by atoms with Crippen molar-refractivity contribution in [2.75, 3.05) is 5.32 Å². The van der Waals surface area contributed by atoms with E-state index in [0.717, 1.165) is 12.8 Å². The summed E-state index contributed by atoms with van der Waals surface area (Å²) in [4.78, 5) is 0. The van der Waals surface area contributed by atoms with Crippen molar-refractivity contribution in [3.8, 4) is 0 Å². The second-order valence-corrected chi connectivity index (χ2v) is 4.65. The molecule has 0 radical (unpaired) electrons. The molecular formula is C11H14ClF2NO. The fraction of sp³-hybridized carbons (Fsp3) is 0.636. The van der Waals surface area contributed by atoms with Gasteiger partial charge in [-0.25, -0.2) is 0 Å². The molecule has 2 nitrogen and oxygen atoms in total. The SMILES string of the molecule is FC(F)(Cl)c1cc(NC2CCCCC2)co1. The lowest BCUT2D eigenvalue weighted by Crippen LogP contribution is -2.21. The lowest BCUT2D eigenvalue weighted by molar-refractivity contribution is 0.0684. The topological polar surface area (TPSA) is 25.2 Å². The monoisotopic (exact) mass is 249 g/mol. The molecule has 0 bridgehead atoms. The third-order valence-electron chi connectivity index (χ3n) is 2.85. The average Bonchev–Trinajstić information content (AvgIpc) is 2.67. The molecule has 1 aliphatic carbocycles. The van der Waals surface area contributed by atoms with Crippen LogP contribution in [0.25, 0.3) is 0 Å². The molecule has 0 amide bonds. The van der Waals surface area contributed by atoms with Gasteiger partial charge in [0.15, 0.2) is 5.76 Å². The summed E-state index contributed by atoms with van der Waals surface area (Å²) in [7, 11) is 0. The number of hydrogen-bond acceptors (Lipinski definition) is 2. The molecular weight excluding hydrogens is 236 g/mol. The molecule has 0 saturated heterocycles. The standard InChI is InChI=1S/C11H14ClF2NO/c12-11(13,14)10-6-9(7-16-10)15-8-4-2-1-3-5-8/h6-8,15H,1-5H2. The maximum absolute atomic E-state index is 12.7. The quantitative estimate of drug-likeness (QED) is 0.808. The first-order valence-electron chi connectivity index (χ1n) is 5.48. The molecule has 0 aliphatic heterocycles. The van der Waals surface area contributed by atoms with Crippen LogP contribution in [0.15, 0.2) is 16.7 Å². The minimum absolute atomic E-state index is 0.364. The van der Waals surface area contributed by atoms with Crippen LogP contribution >= 0.6 is 11.6 Å². The van der Waals surface area contributed by atoms with Crippen molar-refractivity contribution in [2.24, 2.45) is 0 Å². The van der Waals surface area contributed by atoms with Crippen molar-refractivity contribution >= 4 is 17.3 Å². The minimum atomic E-state index is -3.42. The van der Waals surface area contributed by atoms with Crippen LogP contribution in [0.4, 0.5) is 14.5 Å². The van der Waals surface area contributed by atoms with Gasteiger partial charge in [0.05, 0.1) is 5.69 Å². The van der Waals surface area contributed by atoms with E-state index in [1.54, 1.807) is 0 Å². The highest BCUT2D eigenvalue weighted by atomic mass is 35.5. The van der Waals surface area contributed by atoms with Gasteiger partial charge in [0.2, 0.25) is 0 Å². The Morgan fingerprint density at radius 1 is 1.31 bits per heavy atom. The number of furan rings is 1. The molecule has 0 spiro atoms. The summed E-state index contributed by atoms with van der Waals surface area (Å²) >= 11 is 4.86. The third kappa shape index (κ3) is 2.88. The number of alkyl halides is 3. The average molecular weight is 250 g/mol. The van der Waals surface area contributed by atoms with E-state index >= 15 is 0 Å². The summed E-state index contributed by atoms with van der Waals surface area (Å²) in [6.07, 6.45) is 7.09. The van der Waals surface area contributed by atoms with Crippen molar-refractivity contribution < 1.29 is 13.2 Å². The predicted octanol–water partition coefficient (Wildman–Crippen LogP) is 4.31. The highest BCUT2D eigenvalue weighted by molar-refractivity contribution is 6.21. The Hall–Kier alpha value is -0.770. The van der Waals surface area contributed by atoms with Gasteiger partial charge >= 0.3 is 5.38 Å². The molecule has 16 heavy (non-hydrogen) atoms.